The molecule has 0 saturated heterocycles. The number of hydrogen-bond acceptors (Lipinski definition) is 3. The molecule has 0 aromatic heterocycles. The summed E-state index contributed by atoms with van der Waals surface area (Å²) >= 11 is 0. The van der Waals surface area contributed by atoms with Gasteiger partial charge in [-0.15, -0.1) is 0 Å². The van der Waals surface area contributed by atoms with Crippen molar-refractivity contribution in [3.63, 3.8) is 0 Å². The summed E-state index contributed by atoms with van der Waals surface area (Å²) in [5, 5.41) is 3.98. The van der Waals surface area contributed by atoms with Gasteiger partial charge in [-0.1, -0.05) is 56.3 Å². The normalized spacial score (nSPS) is 12.1. The molecule has 0 radical (unpaired) electrons. The van der Waals surface area contributed by atoms with Gasteiger partial charge in [-0.2, -0.15) is 5.10 Å². The van der Waals surface area contributed by atoms with Crippen molar-refractivity contribution >= 4 is 12.1 Å². The number of carbonyl (C=O) groups is 1. The van der Waals surface area contributed by atoms with E-state index < -0.39 is 0 Å². The molecule has 23 heavy (non-hydrogen) atoms. The Morgan fingerprint density at radius 2 is 1.87 bits per heavy atom. The zero-order valence-electron chi connectivity index (χ0n) is 13.5. The fraction of sp³-hybridized carbons (Fsp3) is 0.263. The maximum absolute atomic E-state index is 11.7. The van der Waals surface area contributed by atoms with Crippen LogP contribution in [0.5, 0.6) is 5.75 Å². The first-order valence-electron chi connectivity index (χ1n) is 7.77. The van der Waals surface area contributed by atoms with Crippen LogP contribution in [0.25, 0.3) is 0 Å². The third kappa shape index (κ3) is 5.58. The highest BCUT2D eigenvalue weighted by Gasteiger charge is 2.03. The highest BCUT2D eigenvalue weighted by Crippen LogP contribution is 2.12. The fourth-order valence-corrected chi connectivity index (χ4v) is 2.07. The molecule has 2 rings (SSSR count). The van der Waals surface area contributed by atoms with Gasteiger partial charge in [0.25, 0.3) is 5.91 Å². The zero-order chi connectivity index (χ0) is 16.5. The second-order valence-electron chi connectivity index (χ2n) is 5.30. The molecule has 1 N–H and O–H groups in total. The average molecular weight is 310 g/mol. The minimum atomic E-state index is -0.277. The summed E-state index contributed by atoms with van der Waals surface area (Å²) in [4.78, 5) is 11.7. The summed E-state index contributed by atoms with van der Waals surface area (Å²) in [6, 6.07) is 17.7. The van der Waals surface area contributed by atoms with E-state index in [1.807, 2.05) is 61.5 Å². The third-order valence-corrected chi connectivity index (χ3v) is 3.51. The van der Waals surface area contributed by atoms with Gasteiger partial charge < -0.3 is 4.74 Å². The first kappa shape index (κ1) is 16.7. The molecule has 0 heterocycles. The molecule has 0 spiro atoms. The van der Waals surface area contributed by atoms with Crippen molar-refractivity contribution < 1.29 is 9.53 Å². The Balaban J connectivity index is 1.75. The van der Waals surface area contributed by atoms with Crippen molar-refractivity contribution in [3.8, 4) is 5.75 Å². The molecule has 0 aliphatic carbocycles. The van der Waals surface area contributed by atoms with E-state index in [1.165, 1.54) is 5.56 Å². The van der Waals surface area contributed by atoms with E-state index in [2.05, 4.69) is 17.5 Å². The van der Waals surface area contributed by atoms with E-state index in [0.717, 1.165) is 12.0 Å². The Kier molecular flexibility index (Phi) is 6.36. The van der Waals surface area contributed by atoms with Gasteiger partial charge >= 0.3 is 0 Å². The molecule has 0 unspecified atom stereocenters. The Morgan fingerprint density at radius 1 is 1.17 bits per heavy atom. The van der Waals surface area contributed by atoms with Crippen LogP contribution in [-0.4, -0.2) is 18.7 Å². The minimum absolute atomic E-state index is 0.0530. The van der Waals surface area contributed by atoms with Gasteiger partial charge in [-0.05, 0) is 29.7 Å². The molecule has 4 nitrogen and oxygen atoms in total. The zero-order valence-corrected chi connectivity index (χ0v) is 13.5. The lowest BCUT2D eigenvalue weighted by Gasteiger charge is -2.07. The highest BCUT2D eigenvalue weighted by molar-refractivity contribution is 5.78. The van der Waals surface area contributed by atoms with Crippen LogP contribution in [-0.2, 0) is 11.2 Å². The molecule has 0 aliphatic rings. The Bertz CT molecular complexity index is 636. The molecule has 0 saturated carbocycles. The van der Waals surface area contributed by atoms with Crippen LogP contribution < -0.4 is 10.2 Å². The van der Waals surface area contributed by atoms with Crippen molar-refractivity contribution in [1.82, 2.24) is 5.43 Å². The Morgan fingerprint density at radius 3 is 2.52 bits per heavy atom. The van der Waals surface area contributed by atoms with E-state index in [1.54, 1.807) is 6.21 Å². The number of aryl methyl sites for hydroxylation is 1. The summed E-state index contributed by atoms with van der Waals surface area (Å²) in [6.07, 6.45) is 2.69. The molecule has 0 aliphatic heterocycles. The van der Waals surface area contributed by atoms with Gasteiger partial charge in [-0.25, -0.2) is 5.43 Å². The minimum Gasteiger partial charge on any atom is -0.484 e. The molecule has 1 atom stereocenters. The highest BCUT2D eigenvalue weighted by atomic mass is 16.5. The number of rotatable bonds is 7. The van der Waals surface area contributed by atoms with Crippen molar-refractivity contribution in [2.75, 3.05) is 6.61 Å². The number of benzene rings is 2. The van der Waals surface area contributed by atoms with E-state index in [9.17, 15) is 4.79 Å². The SMILES string of the molecule is CCc1ccc(OCC(=O)N/N=C\[C@H](C)c2ccccc2)cc1. The standard InChI is InChI=1S/C19H22N2O2/c1-3-16-9-11-18(12-10-16)23-14-19(22)21-20-13-15(2)17-7-5-4-6-8-17/h4-13,15H,3,14H2,1-2H3,(H,21,22)/b20-13-/t15-/m0/s1. The number of hydrazone groups is 1. The quantitative estimate of drug-likeness (QED) is 0.628. The van der Waals surface area contributed by atoms with Crippen molar-refractivity contribution in [2.24, 2.45) is 5.10 Å². The van der Waals surface area contributed by atoms with Crippen molar-refractivity contribution in [1.29, 1.82) is 0 Å². The molecular weight excluding hydrogens is 288 g/mol. The second-order valence-corrected chi connectivity index (χ2v) is 5.30. The number of ether oxygens (including phenoxy) is 1. The van der Waals surface area contributed by atoms with E-state index in [-0.39, 0.29) is 18.4 Å². The summed E-state index contributed by atoms with van der Waals surface area (Å²) < 4.78 is 5.42. The number of carbonyl (C=O) groups excluding carboxylic acids is 1. The van der Waals surface area contributed by atoms with Gasteiger partial charge in [0.15, 0.2) is 6.61 Å². The number of nitrogens with zero attached hydrogens (tertiary/aromatic N) is 1. The van der Waals surface area contributed by atoms with Crippen LogP contribution in [0.15, 0.2) is 59.7 Å². The smallest absolute Gasteiger partial charge is 0.277 e. The maximum Gasteiger partial charge on any atom is 0.277 e. The lowest BCUT2D eigenvalue weighted by atomic mass is 10.0. The van der Waals surface area contributed by atoms with E-state index in [0.29, 0.717) is 5.75 Å². The molecule has 2 aromatic carbocycles. The van der Waals surface area contributed by atoms with Crippen LogP contribution in [0.3, 0.4) is 0 Å². The molecule has 1 amide bonds. The molecular formula is C19H22N2O2. The van der Waals surface area contributed by atoms with Crippen molar-refractivity contribution in [2.45, 2.75) is 26.2 Å². The van der Waals surface area contributed by atoms with Crippen LogP contribution >= 0.6 is 0 Å². The first-order chi connectivity index (χ1) is 11.2. The average Bonchev–Trinajstić information content (AvgIpc) is 2.61. The lowest BCUT2D eigenvalue weighted by Crippen LogP contribution is -2.24. The largest absolute Gasteiger partial charge is 0.484 e. The number of nitrogens with one attached hydrogen (secondary N) is 1. The van der Waals surface area contributed by atoms with Crippen LogP contribution in [0.4, 0.5) is 0 Å². The van der Waals surface area contributed by atoms with Gasteiger partial charge in [0, 0.05) is 12.1 Å². The van der Waals surface area contributed by atoms with E-state index in [4.69, 9.17) is 4.74 Å². The summed E-state index contributed by atoms with van der Waals surface area (Å²) in [6.45, 7) is 4.07. The molecule has 2 aromatic rings. The maximum atomic E-state index is 11.7. The predicted molar refractivity (Wildman–Crippen MR) is 92.8 cm³/mol. The fourth-order valence-electron chi connectivity index (χ4n) is 2.07. The first-order valence-corrected chi connectivity index (χ1v) is 7.77. The molecule has 0 bridgehead atoms. The third-order valence-electron chi connectivity index (χ3n) is 3.51. The van der Waals surface area contributed by atoms with Crippen LogP contribution in [0.2, 0.25) is 0 Å². The van der Waals surface area contributed by atoms with Crippen LogP contribution in [0, 0.1) is 0 Å². The van der Waals surface area contributed by atoms with Gasteiger partial charge in [0.1, 0.15) is 5.75 Å². The Hall–Kier alpha value is -2.62. The Labute approximate surface area is 137 Å². The summed E-state index contributed by atoms with van der Waals surface area (Å²) in [7, 11) is 0. The van der Waals surface area contributed by atoms with Crippen molar-refractivity contribution in [3.05, 3.63) is 65.7 Å². The molecule has 120 valence electrons. The van der Waals surface area contributed by atoms with Crippen LogP contribution in [0.1, 0.15) is 30.9 Å². The van der Waals surface area contributed by atoms with Gasteiger partial charge in [-0.3, -0.25) is 4.79 Å². The molecule has 4 heteroatoms. The second kappa shape index (κ2) is 8.73. The monoisotopic (exact) mass is 310 g/mol. The number of hydrogen-bond donors (Lipinski definition) is 1. The molecule has 0 fully saturated rings. The van der Waals surface area contributed by atoms with Gasteiger partial charge in [0.05, 0.1) is 0 Å². The van der Waals surface area contributed by atoms with Gasteiger partial charge in [0.2, 0.25) is 0 Å². The lowest BCUT2D eigenvalue weighted by molar-refractivity contribution is -0.123. The van der Waals surface area contributed by atoms with E-state index >= 15 is 0 Å². The predicted octanol–water partition coefficient (Wildman–Crippen LogP) is 3.53. The summed E-state index contributed by atoms with van der Waals surface area (Å²) in [5.41, 5.74) is 4.87. The summed E-state index contributed by atoms with van der Waals surface area (Å²) in [5.74, 6) is 0.541. The topological polar surface area (TPSA) is 50.7 Å². The number of amides is 1.